The number of hydrogen-bond acceptors (Lipinski definition) is 1. The summed E-state index contributed by atoms with van der Waals surface area (Å²) in [7, 11) is 0. The van der Waals surface area contributed by atoms with E-state index in [1.54, 1.807) is 0 Å². The molecule has 0 aliphatic heterocycles. The van der Waals surface area contributed by atoms with Crippen molar-refractivity contribution in [1.82, 2.24) is 5.32 Å². The molecule has 0 radical (unpaired) electrons. The van der Waals surface area contributed by atoms with Gasteiger partial charge in [-0.05, 0) is 55.8 Å². The third-order valence-electron chi connectivity index (χ3n) is 3.29. The van der Waals surface area contributed by atoms with E-state index in [2.05, 4.69) is 33.0 Å². The SMILES string of the molecule is CCCNC(C)CC(C)(C)Cc1ccc(Cl)cc1Cl. The van der Waals surface area contributed by atoms with Crippen LogP contribution in [0.3, 0.4) is 0 Å². The second-order valence-electron chi connectivity index (χ2n) is 6.14. The van der Waals surface area contributed by atoms with Crippen molar-refractivity contribution in [2.24, 2.45) is 5.41 Å². The average molecular weight is 302 g/mol. The topological polar surface area (TPSA) is 12.0 Å². The van der Waals surface area contributed by atoms with E-state index in [9.17, 15) is 0 Å². The molecule has 1 atom stereocenters. The van der Waals surface area contributed by atoms with Gasteiger partial charge in [0.2, 0.25) is 0 Å². The van der Waals surface area contributed by atoms with Gasteiger partial charge in [0.05, 0.1) is 0 Å². The van der Waals surface area contributed by atoms with E-state index in [1.807, 2.05) is 18.2 Å². The molecule has 0 spiro atoms. The Kier molecular flexibility index (Phi) is 6.65. The summed E-state index contributed by atoms with van der Waals surface area (Å²) in [6.07, 6.45) is 3.28. The van der Waals surface area contributed by atoms with Gasteiger partial charge in [-0.25, -0.2) is 0 Å². The second kappa shape index (κ2) is 7.52. The molecule has 0 heterocycles. The first-order valence-corrected chi connectivity index (χ1v) is 7.77. The zero-order chi connectivity index (χ0) is 14.5. The first-order chi connectivity index (χ1) is 8.84. The molecule has 1 aromatic carbocycles. The van der Waals surface area contributed by atoms with Gasteiger partial charge in [0.15, 0.2) is 0 Å². The molecule has 1 rings (SSSR count). The molecule has 0 bridgehead atoms. The maximum Gasteiger partial charge on any atom is 0.0453 e. The van der Waals surface area contributed by atoms with Crippen LogP contribution in [-0.2, 0) is 6.42 Å². The minimum absolute atomic E-state index is 0.220. The summed E-state index contributed by atoms with van der Waals surface area (Å²) in [6, 6.07) is 6.31. The fraction of sp³-hybridized carbons (Fsp3) is 0.625. The summed E-state index contributed by atoms with van der Waals surface area (Å²) in [5, 5.41) is 5.02. The predicted molar refractivity (Wildman–Crippen MR) is 86.3 cm³/mol. The number of rotatable bonds is 7. The lowest BCUT2D eigenvalue weighted by molar-refractivity contribution is 0.287. The van der Waals surface area contributed by atoms with Crippen LogP contribution in [0.2, 0.25) is 10.0 Å². The standard InChI is InChI=1S/C16H25Cl2N/c1-5-8-19-12(2)10-16(3,4)11-13-6-7-14(17)9-15(13)18/h6-7,9,12,19H,5,8,10-11H2,1-4H3. The first kappa shape index (κ1) is 16.8. The van der Waals surface area contributed by atoms with E-state index in [0.29, 0.717) is 11.1 Å². The van der Waals surface area contributed by atoms with E-state index < -0.39 is 0 Å². The fourth-order valence-corrected chi connectivity index (χ4v) is 3.02. The summed E-state index contributed by atoms with van der Waals surface area (Å²) >= 11 is 12.2. The molecule has 19 heavy (non-hydrogen) atoms. The quantitative estimate of drug-likeness (QED) is 0.717. The molecule has 0 fully saturated rings. The molecule has 0 amide bonds. The van der Waals surface area contributed by atoms with Crippen LogP contribution in [0.5, 0.6) is 0 Å². The molecule has 0 saturated heterocycles. The Labute approximate surface area is 127 Å². The highest BCUT2D eigenvalue weighted by molar-refractivity contribution is 6.35. The summed E-state index contributed by atoms with van der Waals surface area (Å²) in [4.78, 5) is 0. The van der Waals surface area contributed by atoms with Crippen molar-refractivity contribution in [2.75, 3.05) is 6.54 Å². The minimum Gasteiger partial charge on any atom is -0.314 e. The molecule has 0 aliphatic carbocycles. The van der Waals surface area contributed by atoms with Crippen molar-refractivity contribution in [3.63, 3.8) is 0 Å². The molecule has 0 aromatic heterocycles. The molecule has 0 saturated carbocycles. The molecule has 1 nitrogen and oxygen atoms in total. The molecular formula is C16H25Cl2N. The fourth-order valence-electron chi connectivity index (χ4n) is 2.54. The molecule has 108 valence electrons. The third kappa shape index (κ3) is 6.16. The Bertz CT molecular complexity index is 402. The van der Waals surface area contributed by atoms with Gasteiger partial charge in [-0.2, -0.15) is 0 Å². The monoisotopic (exact) mass is 301 g/mol. The summed E-state index contributed by atoms with van der Waals surface area (Å²) in [5.41, 5.74) is 1.40. The zero-order valence-electron chi connectivity index (χ0n) is 12.4. The smallest absolute Gasteiger partial charge is 0.0453 e. The lowest BCUT2D eigenvalue weighted by atomic mass is 9.80. The van der Waals surface area contributed by atoms with Crippen molar-refractivity contribution in [3.05, 3.63) is 33.8 Å². The van der Waals surface area contributed by atoms with Gasteiger partial charge in [-0.1, -0.05) is 50.0 Å². The van der Waals surface area contributed by atoms with E-state index in [1.165, 1.54) is 12.0 Å². The third-order valence-corrected chi connectivity index (χ3v) is 3.87. The Hall–Kier alpha value is -0.240. The average Bonchev–Trinajstić information content (AvgIpc) is 2.29. The van der Waals surface area contributed by atoms with Gasteiger partial charge in [0, 0.05) is 16.1 Å². The Morgan fingerprint density at radius 2 is 1.95 bits per heavy atom. The van der Waals surface area contributed by atoms with Crippen LogP contribution < -0.4 is 5.32 Å². The highest BCUT2D eigenvalue weighted by Crippen LogP contribution is 2.31. The summed E-state index contributed by atoms with van der Waals surface area (Å²) in [6.45, 7) is 10.1. The van der Waals surface area contributed by atoms with Crippen LogP contribution >= 0.6 is 23.2 Å². The molecule has 0 aliphatic rings. The van der Waals surface area contributed by atoms with Crippen molar-refractivity contribution in [1.29, 1.82) is 0 Å². The van der Waals surface area contributed by atoms with Crippen LogP contribution in [0.15, 0.2) is 18.2 Å². The van der Waals surface area contributed by atoms with Gasteiger partial charge in [0.1, 0.15) is 0 Å². The Morgan fingerprint density at radius 1 is 1.26 bits per heavy atom. The lowest BCUT2D eigenvalue weighted by Gasteiger charge is -2.29. The second-order valence-corrected chi connectivity index (χ2v) is 6.98. The van der Waals surface area contributed by atoms with Gasteiger partial charge >= 0.3 is 0 Å². The van der Waals surface area contributed by atoms with E-state index in [0.717, 1.165) is 24.4 Å². The van der Waals surface area contributed by atoms with Crippen LogP contribution in [0.4, 0.5) is 0 Å². The largest absolute Gasteiger partial charge is 0.314 e. The lowest BCUT2D eigenvalue weighted by Crippen LogP contribution is -2.32. The number of benzene rings is 1. The van der Waals surface area contributed by atoms with Gasteiger partial charge in [-0.15, -0.1) is 0 Å². The van der Waals surface area contributed by atoms with Gasteiger partial charge in [0.25, 0.3) is 0 Å². The molecular weight excluding hydrogens is 277 g/mol. The van der Waals surface area contributed by atoms with E-state index in [-0.39, 0.29) is 5.41 Å². The minimum atomic E-state index is 0.220. The van der Waals surface area contributed by atoms with E-state index in [4.69, 9.17) is 23.2 Å². The van der Waals surface area contributed by atoms with Crippen molar-refractivity contribution in [3.8, 4) is 0 Å². The summed E-state index contributed by atoms with van der Waals surface area (Å²) in [5.74, 6) is 0. The van der Waals surface area contributed by atoms with Crippen LogP contribution in [0.25, 0.3) is 0 Å². The van der Waals surface area contributed by atoms with Crippen molar-refractivity contribution in [2.45, 2.75) is 53.0 Å². The highest BCUT2D eigenvalue weighted by atomic mass is 35.5. The van der Waals surface area contributed by atoms with Crippen molar-refractivity contribution < 1.29 is 0 Å². The number of nitrogens with one attached hydrogen (secondary N) is 1. The molecule has 1 N–H and O–H groups in total. The molecule has 3 heteroatoms. The van der Waals surface area contributed by atoms with Gasteiger partial charge < -0.3 is 5.32 Å². The maximum absolute atomic E-state index is 6.26. The summed E-state index contributed by atoms with van der Waals surface area (Å²) < 4.78 is 0. The predicted octanol–water partition coefficient (Wildman–Crippen LogP) is 5.34. The van der Waals surface area contributed by atoms with Gasteiger partial charge in [-0.3, -0.25) is 0 Å². The highest BCUT2D eigenvalue weighted by Gasteiger charge is 2.22. The van der Waals surface area contributed by atoms with Crippen LogP contribution in [0, 0.1) is 5.41 Å². The zero-order valence-corrected chi connectivity index (χ0v) is 13.9. The normalized spacial score (nSPS) is 13.6. The van der Waals surface area contributed by atoms with Crippen LogP contribution in [0.1, 0.15) is 46.1 Å². The Balaban J connectivity index is 2.62. The van der Waals surface area contributed by atoms with Crippen molar-refractivity contribution >= 4 is 23.2 Å². The first-order valence-electron chi connectivity index (χ1n) is 7.01. The molecule has 1 unspecified atom stereocenters. The molecule has 1 aromatic rings. The Morgan fingerprint density at radius 3 is 2.53 bits per heavy atom. The number of hydrogen-bond donors (Lipinski definition) is 1. The van der Waals surface area contributed by atoms with Crippen LogP contribution in [-0.4, -0.2) is 12.6 Å². The number of halogens is 2. The van der Waals surface area contributed by atoms with E-state index >= 15 is 0 Å². The maximum atomic E-state index is 6.26.